The number of rotatable bonds is 7. The number of allylic oxidation sites excluding steroid dienone is 1. The number of amidine groups is 1. The zero-order valence-electron chi connectivity index (χ0n) is 20.7. The molecule has 10 heteroatoms. The van der Waals surface area contributed by atoms with E-state index >= 15 is 4.39 Å². The van der Waals surface area contributed by atoms with Gasteiger partial charge >= 0.3 is 11.9 Å². The number of hydrogen-bond donors (Lipinski definition) is 0. The Morgan fingerprint density at radius 2 is 1.92 bits per heavy atom. The number of esters is 2. The zero-order valence-corrected chi connectivity index (χ0v) is 21.5. The summed E-state index contributed by atoms with van der Waals surface area (Å²) in [6, 6.07) is 5.46. The first-order valence-electron chi connectivity index (χ1n) is 12.2. The first kappa shape index (κ1) is 25.9. The molecule has 1 amide bonds. The van der Waals surface area contributed by atoms with Crippen LogP contribution in [0.2, 0.25) is 0 Å². The lowest BCUT2D eigenvalue weighted by molar-refractivity contribution is -0.151. The fraction of sp³-hybridized carbons (Fsp3) is 0.462. The molecule has 1 saturated heterocycles. The van der Waals surface area contributed by atoms with Crippen molar-refractivity contribution in [2.24, 2.45) is 10.9 Å². The molecule has 2 atom stereocenters. The molecular weight excluding hydrogens is 485 g/mol. The highest BCUT2D eigenvalue weighted by molar-refractivity contribution is 8.16. The average Bonchev–Trinajstić information content (AvgIpc) is 3.25. The lowest BCUT2D eigenvalue weighted by atomic mass is 9.93. The summed E-state index contributed by atoms with van der Waals surface area (Å²) in [6.07, 6.45) is 1.43. The van der Waals surface area contributed by atoms with Crippen LogP contribution in [0.4, 0.5) is 4.39 Å². The van der Waals surface area contributed by atoms with Crippen molar-refractivity contribution < 1.29 is 28.2 Å². The van der Waals surface area contributed by atoms with Crippen LogP contribution < -0.4 is 0 Å². The number of benzene rings is 1. The quantitative estimate of drug-likeness (QED) is 0.504. The summed E-state index contributed by atoms with van der Waals surface area (Å²) in [4.78, 5) is 46.6. The second-order valence-electron chi connectivity index (χ2n) is 8.74. The van der Waals surface area contributed by atoms with Crippen molar-refractivity contribution in [1.82, 2.24) is 9.80 Å². The number of carbonyl (C=O) groups is 3. The molecule has 3 aliphatic rings. The summed E-state index contributed by atoms with van der Waals surface area (Å²) in [7, 11) is 0. The summed E-state index contributed by atoms with van der Waals surface area (Å²) >= 11 is 1.33. The van der Waals surface area contributed by atoms with Crippen LogP contribution >= 0.6 is 11.8 Å². The molecule has 1 aromatic rings. The van der Waals surface area contributed by atoms with E-state index in [4.69, 9.17) is 9.47 Å². The van der Waals surface area contributed by atoms with Gasteiger partial charge in [-0.3, -0.25) is 9.59 Å². The Morgan fingerprint density at radius 1 is 1.17 bits per heavy atom. The van der Waals surface area contributed by atoms with E-state index in [1.165, 1.54) is 17.8 Å². The van der Waals surface area contributed by atoms with E-state index in [9.17, 15) is 14.4 Å². The Labute approximate surface area is 214 Å². The van der Waals surface area contributed by atoms with Crippen molar-refractivity contribution in [2.75, 3.05) is 26.3 Å². The largest absolute Gasteiger partial charge is 0.466 e. The van der Waals surface area contributed by atoms with Crippen molar-refractivity contribution in [1.29, 1.82) is 0 Å². The lowest BCUT2D eigenvalue weighted by Crippen LogP contribution is -2.44. The fourth-order valence-electron chi connectivity index (χ4n) is 4.75. The molecule has 1 fully saturated rings. The van der Waals surface area contributed by atoms with E-state index in [1.807, 2.05) is 5.41 Å². The third-order valence-electron chi connectivity index (χ3n) is 6.42. The SMILES string of the molecule is CCOC(=O)C1=C(C)N=C2SC=C(CC(=O)N3CCCC(C(=O)OCC)C3)N2C1c1ccccc1F. The van der Waals surface area contributed by atoms with Gasteiger partial charge in [0, 0.05) is 24.4 Å². The highest BCUT2D eigenvalue weighted by Gasteiger charge is 2.42. The minimum Gasteiger partial charge on any atom is -0.466 e. The third kappa shape index (κ3) is 5.18. The van der Waals surface area contributed by atoms with Gasteiger partial charge in [-0.15, -0.1) is 0 Å². The molecule has 0 aromatic heterocycles. The molecule has 1 aromatic carbocycles. The smallest absolute Gasteiger partial charge is 0.338 e. The first-order chi connectivity index (χ1) is 17.3. The number of amides is 1. The van der Waals surface area contributed by atoms with E-state index in [0.717, 1.165) is 0 Å². The van der Waals surface area contributed by atoms with E-state index < -0.39 is 17.8 Å². The van der Waals surface area contributed by atoms with E-state index in [2.05, 4.69) is 4.99 Å². The topological polar surface area (TPSA) is 88.5 Å². The molecule has 3 aliphatic heterocycles. The van der Waals surface area contributed by atoms with Crippen LogP contribution in [0.1, 0.15) is 51.6 Å². The lowest BCUT2D eigenvalue weighted by Gasteiger charge is -2.37. The van der Waals surface area contributed by atoms with Gasteiger partial charge < -0.3 is 19.3 Å². The molecule has 0 aliphatic carbocycles. The molecule has 36 heavy (non-hydrogen) atoms. The number of thioether (sulfide) groups is 1. The summed E-state index contributed by atoms with van der Waals surface area (Å²) < 4.78 is 25.5. The van der Waals surface area contributed by atoms with Crippen molar-refractivity contribution >= 4 is 34.8 Å². The van der Waals surface area contributed by atoms with E-state index in [1.54, 1.807) is 48.8 Å². The fourth-order valence-corrected chi connectivity index (χ4v) is 5.72. The maximum absolute atomic E-state index is 15.1. The van der Waals surface area contributed by atoms with Crippen molar-refractivity contribution in [2.45, 2.75) is 46.1 Å². The number of hydrogen-bond acceptors (Lipinski definition) is 8. The van der Waals surface area contributed by atoms with Crippen molar-refractivity contribution in [3.63, 3.8) is 0 Å². The number of halogens is 1. The van der Waals surface area contributed by atoms with Crippen LogP contribution in [0.5, 0.6) is 0 Å². The Kier molecular flexibility index (Phi) is 8.13. The van der Waals surface area contributed by atoms with Crippen LogP contribution in [0.15, 0.2) is 51.6 Å². The van der Waals surface area contributed by atoms with Gasteiger partial charge in [-0.05, 0) is 45.1 Å². The molecule has 3 heterocycles. The standard InChI is InChI=1S/C26H30FN3O5S/c1-4-34-24(32)17-9-8-12-29(14-17)21(31)13-18-15-36-26-28-16(3)22(25(33)35-5-2)23(30(18)26)19-10-6-7-11-20(19)27/h6-7,10-11,15,17,23H,4-5,8-9,12-14H2,1-3H3. The predicted molar refractivity (Wildman–Crippen MR) is 134 cm³/mol. The number of piperidine rings is 1. The second-order valence-corrected chi connectivity index (χ2v) is 9.58. The second kappa shape index (κ2) is 11.3. The monoisotopic (exact) mass is 515 g/mol. The Bertz CT molecular complexity index is 1150. The van der Waals surface area contributed by atoms with Crippen LogP contribution in [0.25, 0.3) is 0 Å². The van der Waals surface area contributed by atoms with Gasteiger partial charge in [0.2, 0.25) is 5.91 Å². The minimum absolute atomic E-state index is 0.0294. The Morgan fingerprint density at radius 3 is 2.64 bits per heavy atom. The van der Waals surface area contributed by atoms with Gasteiger partial charge in [0.25, 0.3) is 0 Å². The molecular formula is C26H30FN3O5S. The third-order valence-corrected chi connectivity index (χ3v) is 7.31. The van der Waals surface area contributed by atoms with Crippen molar-refractivity contribution in [3.8, 4) is 0 Å². The van der Waals surface area contributed by atoms with Gasteiger partial charge in [0.1, 0.15) is 5.82 Å². The van der Waals surface area contributed by atoms with Gasteiger partial charge in [0.15, 0.2) is 5.17 Å². The van der Waals surface area contributed by atoms with E-state index in [-0.39, 0.29) is 36.4 Å². The van der Waals surface area contributed by atoms with Gasteiger partial charge in [-0.1, -0.05) is 30.0 Å². The maximum Gasteiger partial charge on any atom is 0.338 e. The molecule has 0 N–H and O–H groups in total. The molecule has 4 rings (SSSR count). The maximum atomic E-state index is 15.1. The molecule has 2 unspecified atom stereocenters. The summed E-state index contributed by atoms with van der Waals surface area (Å²) in [6.45, 7) is 6.51. The van der Waals surface area contributed by atoms with Gasteiger partial charge in [-0.2, -0.15) is 0 Å². The summed E-state index contributed by atoms with van der Waals surface area (Å²) in [5.41, 5.74) is 1.61. The number of nitrogens with zero attached hydrogens (tertiary/aromatic N) is 3. The number of ether oxygens (including phenoxy) is 2. The molecule has 0 spiro atoms. The van der Waals surface area contributed by atoms with Crippen LogP contribution in [0.3, 0.4) is 0 Å². The normalized spacial score (nSPS) is 21.6. The van der Waals surface area contributed by atoms with Gasteiger partial charge in [-0.25, -0.2) is 14.2 Å². The van der Waals surface area contributed by atoms with Crippen molar-refractivity contribution in [3.05, 3.63) is 58.0 Å². The predicted octanol–water partition coefficient (Wildman–Crippen LogP) is 4.16. The van der Waals surface area contributed by atoms with Crippen LogP contribution in [-0.2, 0) is 23.9 Å². The van der Waals surface area contributed by atoms with Crippen LogP contribution in [-0.4, -0.2) is 59.1 Å². The number of aliphatic imine (C=N–C) groups is 1. The first-order valence-corrected chi connectivity index (χ1v) is 13.0. The molecule has 0 radical (unpaired) electrons. The summed E-state index contributed by atoms with van der Waals surface area (Å²) in [5.74, 6) is -1.80. The molecule has 192 valence electrons. The number of likely N-dealkylation sites (tertiary alicyclic amines) is 1. The van der Waals surface area contributed by atoms with Crippen LogP contribution in [0, 0.1) is 11.7 Å². The Balaban J connectivity index is 1.61. The zero-order chi connectivity index (χ0) is 25.8. The average molecular weight is 516 g/mol. The molecule has 0 bridgehead atoms. The number of fused-ring (bicyclic) bond motifs is 1. The summed E-state index contributed by atoms with van der Waals surface area (Å²) in [5, 5.41) is 2.39. The Hall–Kier alpha value is -3.14. The highest BCUT2D eigenvalue weighted by Crippen LogP contribution is 2.45. The number of carbonyl (C=O) groups excluding carboxylic acids is 3. The molecule has 0 saturated carbocycles. The van der Waals surface area contributed by atoms with E-state index in [0.29, 0.717) is 54.7 Å². The molecule has 8 nitrogen and oxygen atoms in total. The minimum atomic E-state index is -0.819. The highest BCUT2D eigenvalue weighted by atomic mass is 32.2. The van der Waals surface area contributed by atoms with Gasteiger partial charge in [0.05, 0.1) is 42.9 Å².